The van der Waals surface area contributed by atoms with Crippen LogP contribution in [-0.2, 0) is 4.79 Å². The molecule has 2 aromatic rings. The summed E-state index contributed by atoms with van der Waals surface area (Å²) in [5.41, 5.74) is 0. The molecule has 4 nitrogen and oxygen atoms in total. The fraction of sp³-hybridized carbons (Fsp3) is 0.474. The summed E-state index contributed by atoms with van der Waals surface area (Å²) in [5.74, 6) is -0.189. The van der Waals surface area contributed by atoms with Gasteiger partial charge in [-0.05, 0) is 29.3 Å². The lowest BCUT2D eigenvalue weighted by Gasteiger charge is -2.47. The summed E-state index contributed by atoms with van der Waals surface area (Å²) in [4.78, 5) is 30.1. The van der Waals surface area contributed by atoms with Gasteiger partial charge in [0.25, 0.3) is 0 Å². The van der Waals surface area contributed by atoms with Crippen LogP contribution in [0.25, 0.3) is 0 Å². The zero-order chi connectivity index (χ0) is 18.0. The Morgan fingerprint density at radius 3 is 2.00 bits per heavy atom. The Kier molecular flexibility index (Phi) is 5.59. The molecule has 134 valence electrons. The minimum Gasteiger partial charge on any atom is -0.338 e. The highest BCUT2D eigenvalue weighted by molar-refractivity contribution is 7.10. The largest absolute Gasteiger partial charge is 0.338 e. The highest BCUT2D eigenvalue weighted by Crippen LogP contribution is 2.47. The normalized spacial score (nSPS) is 26.7. The zero-order valence-corrected chi connectivity index (χ0v) is 16.4. The van der Waals surface area contributed by atoms with Crippen LogP contribution in [0.1, 0.15) is 49.0 Å². The topological polar surface area (TPSA) is 49.4 Å². The molecule has 2 amide bonds. The third-order valence-electron chi connectivity index (χ3n) is 4.87. The van der Waals surface area contributed by atoms with Crippen LogP contribution in [0.5, 0.6) is 0 Å². The van der Waals surface area contributed by atoms with E-state index in [0.29, 0.717) is 6.54 Å². The molecule has 25 heavy (non-hydrogen) atoms. The van der Waals surface area contributed by atoms with Crippen molar-refractivity contribution in [3.63, 3.8) is 0 Å². The highest BCUT2D eigenvalue weighted by atomic mass is 32.1. The fourth-order valence-electron chi connectivity index (χ4n) is 3.64. The molecule has 0 bridgehead atoms. The average molecular weight is 377 g/mol. The molecule has 0 spiro atoms. The molecule has 4 atom stereocenters. The van der Waals surface area contributed by atoms with Crippen LogP contribution in [0, 0.1) is 11.8 Å². The van der Waals surface area contributed by atoms with Crippen molar-refractivity contribution >= 4 is 34.5 Å². The summed E-state index contributed by atoms with van der Waals surface area (Å²) in [6.45, 7) is 6.58. The molecule has 6 heteroatoms. The summed E-state index contributed by atoms with van der Waals surface area (Å²) in [6, 6.07) is 7.52. The Balaban J connectivity index is 2.07. The van der Waals surface area contributed by atoms with Gasteiger partial charge in [-0.3, -0.25) is 4.79 Å². The Hall–Kier alpha value is -1.66. The number of carbonyl (C=O) groups excluding carboxylic acids is 2. The maximum absolute atomic E-state index is 13.1. The van der Waals surface area contributed by atoms with Crippen molar-refractivity contribution in [1.29, 1.82) is 0 Å². The van der Waals surface area contributed by atoms with E-state index in [1.807, 2.05) is 60.7 Å². The first-order valence-corrected chi connectivity index (χ1v) is 10.5. The summed E-state index contributed by atoms with van der Waals surface area (Å²) >= 11 is 3.22. The maximum Gasteiger partial charge on any atom is 0.318 e. The molecule has 1 fully saturated rings. The van der Waals surface area contributed by atoms with Gasteiger partial charge in [0.15, 0.2) is 0 Å². The number of Topliss-reactive ketones (excluding diaryl/α,β-unsaturated/α-hetero) is 1. The lowest BCUT2D eigenvalue weighted by atomic mass is 9.78. The van der Waals surface area contributed by atoms with Crippen molar-refractivity contribution in [2.45, 2.75) is 39.3 Å². The van der Waals surface area contributed by atoms with E-state index >= 15 is 0 Å². The average Bonchev–Trinajstić information content (AvgIpc) is 3.30. The first-order chi connectivity index (χ1) is 12.1. The van der Waals surface area contributed by atoms with Crippen molar-refractivity contribution < 1.29 is 9.59 Å². The Morgan fingerprint density at radius 2 is 1.60 bits per heavy atom. The summed E-state index contributed by atoms with van der Waals surface area (Å²) in [7, 11) is 0. The summed E-state index contributed by atoms with van der Waals surface area (Å²) in [6.07, 6.45) is 0.886. The van der Waals surface area contributed by atoms with E-state index in [-0.39, 0.29) is 35.7 Å². The van der Waals surface area contributed by atoms with E-state index < -0.39 is 0 Å². The molecule has 3 rings (SSSR count). The van der Waals surface area contributed by atoms with Crippen molar-refractivity contribution in [2.75, 3.05) is 6.54 Å². The predicted octanol–water partition coefficient (Wildman–Crippen LogP) is 4.87. The van der Waals surface area contributed by atoms with Gasteiger partial charge in [-0.15, -0.1) is 22.7 Å². The maximum atomic E-state index is 13.1. The lowest BCUT2D eigenvalue weighted by molar-refractivity contribution is -0.135. The second-order valence-electron chi connectivity index (χ2n) is 6.54. The molecule has 1 saturated heterocycles. The Labute approximate surface area is 156 Å². The van der Waals surface area contributed by atoms with E-state index in [1.54, 1.807) is 22.7 Å². The molecule has 0 saturated carbocycles. The quantitative estimate of drug-likeness (QED) is 0.828. The first-order valence-electron chi connectivity index (χ1n) is 8.73. The fourth-order valence-corrected chi connectivity index (χ4v) is 5.50. The second kappa shape index (κ2) is 7.70. The molecule has 1 aliphatic rings. The van der Waals surface area contributed by atoms with Gasteiger partial charge in [0, 0.05) is 28.1 Å². The van der Waals surface area contributed by atoms with Gasteiger partial charge in [-0.1, -0.05) is 32.9 Å². The van der Waals surface area contributed by atoms with Crippen LogP contribution < -0.4 is 5.32 Å². The second-order valence-corrected chi connectivity index (χ2v) is 8.50. The monoisotopic (exact) mass is 376 g/mol. The number of amides is 2. The number of nitrogens with one attached hydrogen (secondary N) is 1. The number of urea groups is 1. The zero-order valence-electron chi connectivity index (χ0n) is 14.8. The predicted molar refractivity (Wildman–Crippen MR) is 103 cm³/mol. The highest BCUT2D eigenvalue weighted by Gasteiger charge is 2.48. The first kappa shape index (κ1) is 18.1. The molecule has 0 aromatic carbocycles. The van der Waals surface area contributed by atoms with Gasteiger partial charge in [-0.2, -0.15) is 0 Å². The molecule has 0 unspecified atom stereocenters. The molecule has 1 N–H and O–H groups in total. The number of hydrogen-bond acceptors (Lipinski definition) is 4. The smallest absolute Gasteiger partial charge is 0.318 e. The van der Waals surface area contributed by atoms with Crippen LogP contribution in [0.3, 0.4) is 0 Å². The standard InChI is InChI=1S/C19H24N2O2S2/c1-4-9-20-19(23)21-16(14-7-5-10-24-14)12(2)18(22)13(3)17(21)15-8-6-11-25-15/h5-8,10-13,16-17H,4,9H2,1-3H3,(H,20,23)/t12-,13+,16+,17-. The number of nitrogens with zero attached hydrogens (tertiary/aromatic N) is 1. The molecular formula is C19H24N2O2S2. The molecule has 1 aliphatic heterocycles. The Morgan fingerprint density at radius 1 is 1.08 bits per heavy atom. The molecule has 0 aliphatic carbocycles. The van der Waals surface area contributed by atoms with Crippen LogP contribution in [-0.4, -0.2) is 23.3 Å². The van der Waals surface area contributed by atoms with Gasteiger partial charge in [0.05, 0.1) is 12.1 Å². The van der Waals surface area contributed by atoms with Gasteiger partial charge in [-0.25, -0.2) is 4.79 Å². The van der Waals surface area contributed by atoms with E-state index in [2.05, 4.69) is 5.32 Å². The SMILES string of the molecule is CCCNC(=O)N1[C@H](c2cccs2)[C@@H](C)C(=O)[C@@H](C)[C@@H]1c1cccs1. The molecule has 2 aromatic heterocycles. The number of likely N-dealkylation sites (tertiary alicyclic amines) is 1. The third-order valence-corrected chi connectivity index (χ3v) is 6.76. The van der Waals surface area contributed by atoms with E-state index in [4.69, 9.17) is 0 Å². The lowest BCUT2D eigenvalue weighted by Crippen LogP contribution is -2.54. The number of ketones is 1. The van der Waals surface area contributed by atoms with Crippen LogP contribution in [0.4, 0.5) is 4.79 Å². The van der Waals surface area contributed by atoms with Crippen molar-refractivity contribution in [2.24, 2.45) is 11.8 Å². The number of hydrogen-bond donors (Lipinski definition) is 1. The van der Waals surface area contributed by atoms with Crippen molar-refractivity contribution in [1.82, 2.24) is 10.2 Å². The third kappa shape index (κ3) is 3.37. The molecular weight excluding hydrogens is 352 g/mol. The van der Waals surface area contributed by atoms with Gasteiger partial charge < -0.3 is 10.2 Å². The number of piperidine rings is 1. The number of carbonyl (C=O) groups is 2. The van der Waals surface area contributed by atoms with Crippen molar-refractivity contribution in [3.05, 3.63) is 44.8 Å². The van der Waals surface area contributed by atoms with Gasteiger partial charge in [0.1, 0.15) is 5.78 Å². The van der Waals surface area contributed by atoms with Gasteiger partial charge in [0.2, 0.25) is 0 Å². The number of thiophene rings is 2. The van der Waals surface area contributed by atoms with Gasteiger partial charge >= 0.3 is 6.03 Å². The van der Waals surface area contributed by atoms with E-state index in [0.717, 1.165) is 16.2 Å². The molecule has 3 heterocycles. The Bertz CT molecular complexity index is 662. The minimum absolute atomic E-state index is 0.0788. The summed E-state index contributed by atoms with van der Waals surface area (Å²) < 4.78 is 0. The number of rotatable bonds is 4. The van der Waals surface area contributed by atoms with Crippen LogP contribution in [0.2, 0.25) is 0 Å². The molecule has 0 radical (unpaired) electrons. The van der Waals surface area contributed by atoms with Crippen LogP contribution in [0.15, 0.2) is 35.0 Å². The summed E-state index contributed by atoms with van der Waals surface area (Å²) in [5, 5.41) is 7.04. The minimum atomic E-state index is -0.215. The van der Waals surface area contributed by atoms with E-state index in [9.17, 15) is 9.59 Å². The van der Waals surface area contributed by atoms with Crippen molar-refractivity contribution in [3.8, 4) is 0 Å². The van der Waals surface area contributed by atoms with E-state index in [1.165, 1.54) is 0 Å². The van der Waals surface area contributed by atoms with Crippen LogP contribution >= 0.6 is 22.7 Å².